The summed E-state index contributed by atoms with van der Waals surface area (Å²) >= 11 is 5.59. The number of rotatable bonds is 8. The van der Waals surface area contributed by atoms with Gasteiger partial charge >= 0.3 is 6.18 Å². The molecule has 0 fully saturated rings. The lowest BCUT2D eigenvalue weighted by Gasteiger charge is -2.22. The van der Waals surface area contributed by atoms with Gasteiger partial charge in [0.1, 0.15) is 0 Å². The Morgan fingerprint density at radius 2 is 1.92 bits per heavy atom. The molecule has 0 aromatic heterocycles. The summed E-state index contributed by atoms with van der Waals surface area (Å²) < 4.78 is 38.9. The Kier molecular flexibility index (Phi) is 8.22. The van der Waals surface area contributed by atoms with Gasteiger partial charge in [0, 0.05) is 32.1 Å². The van der Waals surface area contributed by atoms with Crippen molar-refractivity contribution >= 4 is 29.1 Å². The maximum Gasteiger partial charge on any atom is 0.417 e. The highest BCUT2D eigenvalue weighted by Gasteiger charge is 2.34. The summed E-state index contributed by atoms with van der Waals surface area (Å²) in [4.78, 5) is 24.7. The summed E-state index contributed by atoms with van der Waals surface area (Å²) in [6.07, 6.45) is -1.70. The van der Waals surface area contributed by atoms with Crippen LogP contribution in [0.3, 0.4) is 0 Å². The summed E-state index contributed by atoms with van der Waals surface area (Å²) in [5.74, 6) is -0.693. The molecule has 0 heterocycles. The molecule has 1 aromatic rings. The molecule has 4 nitrogen and oxygen atoms in total. The van der Waals surface area contributed by atoms with Gasteiger partial charge in [0.25, 0.3) is 0 Å². The van der Waals surface area contributed by atoms with E-state index in [4.69, 9.17) is 11.6 Å². The van der Waals surface area contributed by atoms with Crippen molar-refractivity contribution in [1.82, 2.24) is 5.32 Å². The largest absolute Gasteiger partial charge is 0.417 e. The molecule has 25 heavy (non-hydrogen) atoms. The normalized spacial score (nSPS) is 11.3. The van der Waals surface area contributed by atoms with Crippen LogP contribution in [0.2, 0.25) is 5.02 Å². The van der Waals surface area contributed by atoms with E-state index in [1.165, 1.54) is 13.0 Å². The molecule has 1 rings (SSSR count). The molecule has 2 amide bonds. The van der Waals surface area contributed by atoms with E-state index in [-0.39, 0.29) is 24.6 Å². The van der Waals surface area contributed by atoms with E-state index in [1.54, 1.807) is 0 Å². The summed E-state index contributed by atoms with van der Waals surface area (Å²) in [5.41, 5.74) is -0.954. The first-order chi connectivity index (χ1) is 11.7. The Morgan fingerprint density at radius 1 is 1.24 bits per heavy atom. The van der Waals surface area contributed by atoms with Crippen LogP contribution in [0, 0.1) is 0 Å². The fourth-order valence-corrected chi connectivity index (χ4v) is 2.50. The molecule has 140 valence electrons. The number of nitrogens with zero attached hydrogens (tertiary/aromatic N) is 1. The van der Waals surface area contributed by atoms with Crippen LogP contribution < -0.4 is 10.2 Å². The maximum atomic E-state index is 13.0. The smallest absolute Gasteiger partial charge is 0.356 e. The quantitative estimate of drug-likeness (QED) is 0.681. The summed E-state index contributed by atoms with van der Waals surface area (Å²) in [5, 5.41) is 2.29. The van der Waals surface area contributed by atoms with Crippen molar-refractivity contribution in [2.45, 2.75) is 45.7 Å². The van der Waals surface area contributed by atoms with Gasteiger partial charge in [-0.05, 0) is 24.6 Å². The first-order valence-corrected chi connectivity index (χ1v) is 8.46. The minimum Gasteiger partial charge on any atom is -0.356 e. The first kappa shape index (κ1) is 21.3. The highest BCUT2D eigenvalue weighted by Crippen LogP contribution is 2.37. The standard InChI is InChI=1S/C17H22ClF3N2O2/c1-3-4-5-9-22-16(25)8-10-23(12(2)24)13-6-7-15(18)14(11-13)17(19,20)21/h6-7,11H,3-5,8-10H2,1-2H3,(H,22,25). The molecule has 0 spiro atoms. The number of halogens is 4. The van der Waals surface area contributed by atoms with Crippen LogP contribution in [0.15, 0.2) is 18.2 Å². The van der Waals surface area contributed by atoms with Gasteiger partial charge in [-0.25, -0.2) is 0 Å². The summed E-state index contributed by atoms with van der Waals surface area (Å²) in [6, 6.07) is 3.25. The van der Waals surface area contributed by atoms with Gasteiger partial charge in [0.05, 0.1) is 10.6 Å². The Bertz CT molecular complexity index is 606. The molecular weight excluding hydrogens is 357 g/mol. The molecule has 8 heteroatoms. The van der Waals surface area contributed by atoms with Gasteiger partial charge in [0.15, 0.2) is 0 Å². The maximum absolute atomic E-state index is 13.0. The number of hydrogen-bond acceptors (Lipinski definition) is 2. The molecule has 0 unspecified atom stereocenters. The SMILES string of the molecule is CCCCCNC(=O)CCN(C(C)=O)c1ccc(Cl)c(C(F)(F)F)c1. The first-order valence-electron chi connectivity index (χ1n) is 8.08. The molecule has 0 saturated carbocycles. The number of carbonyl (C=O) groups excluding carboxylic acids is 2. The minimum absolute atomic E-state index is 0.00608. The Balaban J connectivity index is 2.78. The van der Waals surface area contributed by atoms with Gasteiger partial charge in [-0.15, -0.1) is 0 Å². The zero-order valence-corrected chi connectivity index (χ0v) is 15.0. The number of alkyl halides is 3. The Hall–Kier alpha value is -1.76. The van der Waals surface area contributed by atoms with Crippen molar-refractivity contribution in [3.05, 3.63) is 28.8 Å². The van der Waals surface area contributed by atoms with Gasteiger partial charge in [0.2, 0.25) is 11.8 Å². The number of benzene rings is 1. The van der Waals surface area contributed by atoms with E-state index >= 15 is 0 Å². The van der Waals surface area contributed by atoms with Crippen molar-refractivity contribution < 1.29 is 22.8 Å². The topological polar surface area (TPSA) is 49.4 Å². The zero-order chi connectivity index (χ0) is 19.0. The van der Waals surface area contributed by atoms with Crippen molar-refractivity contribution in [3.8, 4) is 0 Å². The molecule has 1 aromatic carbocycles. The van der Waals surface area contributed by atoms with Crippen LogP contribution in [0.25, 0.3) is 0 Å². The predicted octanol–water partition coefficient (Wildman–Crippen LogP) is 4.41. The molecule has 0 radical (unpaired) electrons. The van der Waals surface area contributed by atoms with E-state index < -0.39 is 22.7 Å². The van der Waals surface area contributed by atoms with Gasteiger partial charge in [-0.3, -0.25) is 9.59 Å². The van der Waals surface area contributed by atoms with E-state index in [2.05, 4.69) is 5.32 Å². The second-order valence-corrected chi connectivity index (χ2v) is 6.05. The van der Waals surface area contributed by atoms with Gasteiger partial charge in [-0.1, -0.05) is 31.4 Å². The van der Waals surface area contributed by atoms with Crippen LogP contribution in [-0.2, 0) is 15.8 Å². The molecule has 0 atom stereocenters. The van der Waals surface area contributed by atoms with E-state index in [0.717, 1.165) is 36.3 Å². The monoisotopic (exact) mass is 378 g/mol. The van der Waals surface area contributed by atoms with Crippen LogP contribution in [-0.4, -0.2) is 24.9 Å². The highest BCUT2D eigenvalue weighted by molar-refractivity contribution is 6.31. The second kappa shape index (κ2) is 9.65. The fraction of sp³-hybridized carbons (Fsp3) is 0.529. The third-order valence-electron chi connectivity index (χ3n) is 3.61. The lowest BCUT2D eigenvalue weighted by atomic mass is 10.1. The minimum atomic E-state index is -4.62. The lowest BCUT2D eigenvalue weighted by molar-refractivity contribution is -0.137. The summed E-state index contributed by atoms with van der Waals surface area (Å²) in [7, 11) is 0. The second-order valence-electron chi connectivity index (χ2n) is 5.64. The number of nitrogens with one attached hydrogen (secondary N) is 1. The van der Waals surface area contributed by atoms with Crippen LogP contribution >= 0.6 is 11.6 Å². The Labute approximate surface area is 150 Å². The van der Waals surface area contributed by atoms with Crippen molar-refractivity contribution in [1.29, 1.82) is 0 Å². The molecule has 0 aliphatic rings. The molecule has 0 aliphatic heterocycles. The van der Waals surface area contributed by atoms with Gasteiger partial charge in [-0.2, -0.15) is 13.2 Å². The van der Waals surface area contributed by atoms with E-state index in [1.807, 2.05) is 6.92 Å². The number of carbonyl (C=O) groups is 2. The number of hydrogen-bond donors (Lipinski definition) is 1. The number of amides is 2. The molecule has 1 N–H and O–H groups in total. The average molecular weight is 379 g/mol. The molecular formula is C17H22ClF3N2O2. The lowest BCUT2D eigenvalue weighted by Crippen LogP contribution is -2.34. The number of anilines is 1. The van der Waals surface area contributed by atoms with Crippen molar-refractivity contribution in [2.75, 3.05) is 18.0 Å². The van der Waals surface area contributed by atoms with Gasteiger partial charge < -0.3 is 10.2 Å². The number of unbranched alkanes of at least 4 members (excludes halogenated alkanes) is 2. The third-order valence-corrected chi connectivity index (χ3v) is 3.94. The van der Waals surface area contributed by atoms with Crippen LogP contribution in [0.4, 0.5) is 18.9 Å². The fourth-order valence-electron chi connectivity index (χ4n) is 2.27. The predicted molar refractivity (Wildman–Crippen MR) is 91.6 cm³/mol. The molecule has 0 saturated heterocycles. The van der Waals surface area contributed by atoms with Crippen LogP contribution in [0.1, 0.15) is 45.1 Å². The molecule has 0 bridgehead atoms. The van der Waals surface area contributed by atoms with Crippen molar-refractivity contribution in [3.63, 3.8) is 0 Å². The average Bonchev–Trinajstić information content (AvgIpc) is 2.51. The highest BCUT2D eigenvalue weighted by atomic mass is 35.5. The zero-order valence-electron chi connectivity index (χ0n) is 14.3. The van der Waals surface area contributed by atoms with E-state index in [9.17, 15) is 22.8 Å². The Morgan fingerprint density at radius 3 is 2.48 bits per heavy atom. The van der Waals surface area contributed by atoms with Crippen LogP contribution in [0.5, 0.6) is 0 Å². The molecule has 0 aliphatic carbocycles. The van der Waals surface area contributed by atoms with Crippen molar-refractivity contribution in [2.24, 2.45) is 0 Å². The summed E-state index contributed by atoms with van der Waals surface area (Å²) in [6.45, 7) is 3.83. The third kappa shape index (κ3) is 6.94. The van der Waals surface area contributed by atoms with E-state index in [0.29, 0.717) is 6.54 Å².